The molecule has 0 saturated heterocycles. The van der Waals surface area contributed by atoms with Gasteiger partial charge in [0.1, 0.15) is 17.2 Å². The number of imide groups is 1. The molecule has 29 heavy (non-hydrogen) atoms. The van der Waals surface area contributed by atoms with E-state index in [9.17, 15) is 14.4 Å². The Kier molecular flexibility index (Phi) is 4.48. The van der Waals surface area contributed by atoms with Gasteiger partial charge in [0.25, 0.3) is 11.8 Å². The van der Waals surface area contributed by atoms with E-state index in [-0.39, 0.29) is 16.9 Å². The van der Waals surface area contributed by atoms with Crippen molar-refractivity contribution in [2.75, 3.05) is 10.6 Å². The molecule has 0 atom stereocenters. The molecule has 4 rings (SSSR count). The number of fused-ring (bicyclic) bond motifs is 1. The van der Waals surface area contributed by atoms with Crippen LogP contribution in [0.5, 0.6) is 17.2 Å². The van der Waals surface area contributed by atoms with Crippen molar-refractivity contribution in [1.82, 2.24) is 0 Å². The van der Waals surface area contributed by atoms with E-state index in [2.05, 4.69) is 0 Å². The average molecular weight is 388 g/mol. The normalized spacial score (nSPS) is 12.7. The lowest BCUT2D eigenvalue weighted by molar-refractivity contribution is -0.131. The summed E-state index contributed by atoms with van der Waals surface area (Å²) in [5.74, 6) is -0.198. The van der Waals surface area contributed by atoms with E-state index in [0.717, 1.165) is 4.90 Å². The minimum absolute atomic E-state index is 0.237. The number of rotatable bonds is 4. The van der Waals surface area contributed by atoms with E-state index >= 15 is 0 Å². The third-order valence-corrected chi connectivity index (χ3v) is 4.31. The highest BCUT2D eigenvalue weighted by Gasteiger charge is 2.37. The molecule has 3 aromatic carbocycles. The first-order chi connectivity index (χ1) is 13.9. The summed E-state index contributed by atoms with van der Waals surface area (Å²) in [6.07, 6.45) is 0. The van der Waals surface area contributed by atoms with E-state index in [1.165, 1.54) is 19.1 Å². The summed E-state index contributed by atoms with van der Waals surface area (Å²) in [6, 6.07) is 17.8. The van der Waals surface area contributed by atoms with Gasteiger partial charge in [0.2, 0.25) is 0 Å². The number of anilines is 2. The van der Waals surface area contributed by atoms with Gasteiger partial charge in [0.15, 0.2) is 0 Å². The van der Waals surface area contributed by atoms with Gasteiger partial charge >= 0.3 is 5.97 Å². The zero-order valence-corrected chi connectivity index (χ0v) is 15.4. The van der Waals surface area contributed by atoms with Gasteiger partial charge in [-0.05, 0) is 54.6 Å². The number of benzene rings is 3. The van der Waals surface area contributed by atoms with E-state index in [0.29, 0.717) is 22.9 Å². The molecule has 1 aliphatic rings. The number of esters is 1. The Balaban J connectivity index is 1.63. The van der Waals surface area contributed by atoms with Crippen molar-refractivity contribution in [3.05, 3.63) is 77.9 Å². The fourth-order valence-corrected chi connectivity index (χ4v) is 3.04. The highest BCUT2D eigenvalue weighted by atomic mass is 16.5. The smallest absolute Gasteiger partial charge is 0.308 e. The van der Waals surface area contributed by atoms with E-state index in [1.54, 1.807) is 54.6 Å². The molecule has 0 radical (unpaired) electrons. The SMILES string of the molecule is CC(=O)Oc1cccc(N2C(=O)c3ccc(Oc4ccc(N)cc4)cc3C2=O)c1. The fraction of sp³-hybridized carbons (Fsp3) is 0.0455. The third-order valence-electron chi connectivity index (χ3n) is 4.31. The molecule has 0 saturated carbocycles. The Bertz CT molecular complexity index is 1140. The Labute approximate surface area is 166 Å². The molecule has 144 valence electrons. The summed E-state index contributed by atoms with van der Waals surface area (Å²) in [6.45, 7) is 1.28. The molecule has 0 bridgehead atoms. The highest BCUT2D eigenvalue weighted by Crippen LogP contribution is 2.33. The summed E-state index contributed by atoms with van der Waals surface area (Å²) in [4.78, 5) is 37.9. The van der Waals surface area contributed by atoms with Crippen molar-refractivity contribution in [3.8, 4) is 17.2 Å². The monoisotopic (exact) mass is 388 g/mol. The van der Waals surface area contributed by atoms with Crippen molar-refractivity contribution in [1.29, 1.82) is 0 Å². The average Bonchev–Trinajstić information content (AvgIpc) is 2.93. The maximum Gasteiger partial charge on any atom is 0.308 e. The molecule has 0 spiro atoms. The molecule has 7 nitrogen and oxygen atoms in total. The van der Waals surface area contributed by atoms with Gasteiger partial charge in [-0.2, -0.15) is 0 Å². The topological polar surface area (TPSA) is 98.9 Å². The maximum atomic E-state index is 12.9. The number of carbonyl (C=O) groups is 3. The van der Waals surface area contributed by atoms with Gasteiger partial charge in [0.05, 0.1) is 16.8 Å². The van der Waals surface area contributed by atoms with Crippen molar-refractivity contribution in [3.63, 3.8) is 0 Å². The van der Waals surface area contributed by atoms with Crippen LogP contribution in [-0.4, -0.2) is 17.8 Å². The van der Waals surface area contributed by atoms with Crippen LogP contribution in [0.4, 0.5) is 11.4 Å². The molecule has 7 heteroatoms. The Morgan fingerprint density at radius 1 is 0.828 bits per heavy atom. The fourth-order valence-electron chi connectivity index (χ4n) is 3.04. The lowest BCUT2D eigenvalue weighted by Gasteiger charge is -2.14. The highest BCUT2D eigenvalue weighted by molar-refractivity contribution is 6.34. The lowest BCUT2D eigenvalue weighted by atomic mass is 10.1. The van der Waals surface area contributed by atoms with Crippen LogP contribution in [-0.2, 0) is 4.79 Å². The number of amides is 2. The molecule has 1 aliphatic heterocycles. The summed E-state index contributed by atoms with van der Waals surface area (Å²) in [5, 5.41) is 0. The van der Waals surface area contributed by atoms with Crippen molar-refractivity contribution >= 4 is 29.2 Å². The van der Waals surface area contributed by atoms with Crippen LogP contribution in [0.15, 0.2) is 66.7 Å². The van der Waals surface area contributed by atoms with Gasteiger partial charge in [-0.15, -0.1) is 0 Å². The Hall–Kier alpha value is -4.13. The summed E-state index contributed by atoms with van der Waals surface area (Å²) in [5.41, 5.74) is 7.10. The second-order valence-corrected chi connectivity index (χ2v) is 6.42. The lowest BCUT2D eigenvalue weighted by Crippen LogP contribution is -2.29. The number of hydrogen-bond donors (Lipinski definition) is 1. The van der Waals surface area contributed by atoms with Crippen LogP contribution in [0.1, 0.15) is 27.6 Å². The van der Waals surface area contributed by atoms with Crippen LogP contribution in [0.3, 0.4) is 0 Å². The Morgan fingerprint density at radius 2 is 1.52 bits per heavy atom. The molecule has 0 fully saturated rings. The standard InChI is InChI=1S/C22H16N2O5/c1-13(25)28-17-4-2-3-15(11-17)24-21(26)19-10-9-18(12-20(19)22(24)27)29-16-7-5-14(23)6-8-16/h2-12H,23H2,1H3. The predicted molar refractivity (Wildman–Crippen MR) is 106 cm³/mol. The third kappa shape index (κ3) is 3.53. The van der Waals surface area contributed by atoms with Gasteiger partial charge in [-0.1, -0.05) is 6.07 Å². The van der Waals surface area contributed by atoms with Crippen LogP contribution in [0.2, 0.25) is 0 Å². The quantitative estimate of drug-likeness (QED) is 0.316. The van der Waals surface area contributed by atoms with Gasteiger partial charge in [0, 0.05) is 18.7 Å². The molecular weight excluding hydrogens is 372 g/mol. The molecular formula is C22H16N2O5. The van der Waals surface area contributed by atoms with Crippen molar-refractivity contribution < 1.29 is 23.9 Å². The van der Waals surface area contributed by atoms with Crippen LogP contribution in [0.25, 0.3) is 0 Å². The van der Waals surface area contributed by atoms with Gasteiger partial charge < -0.3 is 15.2 Å². The first-order valence-corrected chi connectivity index (χ1v) is 8.77. The molecule has 3 aromatic rings. The zero-order valence-electron chi connectivity index (χ0n) is 15.4. The summed E-state index contributed by atoms with van der Waals surface area (Å²) >= 11 is 0. The van der Waals surface area contributed by atoms with E-state index in [1.807, 2.05) is 0 Å². The van der Waals surface area contributed by atoms with Crippen LogP contribution >= 0.6 is 0 Å². The minimum atomic E-state index is -0.492. The number of nitrogens with two attached hydrogens (primary N) is 1. The number of ether oxygens (including phenoxy) is 2. The summed E-state index contributed by atoms with van der Waals surface area (Å²) < 4.78 is 10.8. The molecule has 2 amide bonds. The largest absolute Gasteiger partial charge is 0.457 e. The van der Waals surface area contributed by atoms with E-state index < -0.39 is 17.8 Å². The number of hydrogen-bond acceptors (Lipinski definition) is 6. The first-order valence-electron chi connectivity index (χ1n) is 8.77. The van der Waals surface area contributed by atoms with Gasteiger partial charge in [-0.25, -0.2) is 4.90 Å². The maximum absolute atomic E-state index is 12.9. The second-order valence-electron chi connectivity index (χ2n) is 6.42. The molecule has 1 heterocycles. The first kappa shape index (κ1) is 18.2. The molecule has 0 aromatic heterocycles. The number of carbonyl (C=O) groups excluding carboxylic acids is 3. The molecule has 0 aliphatic carbocycles. The minimum Gasteiger partial charge on any atom is -0.457 e. The summed E-state index contributed by atoms with van der Waals surface area (Å²) in [7, 11) is 0. The number of nitrogen functional groups attached to an aromatic ring is 1. The molecule has 2 N–H and O–H groups in total. The number of nitrogens with zero attached hydrogens (tertiary/aromatic N) is 1. The van der Waals surface area contributed by atoms with Crippen LogP contribution in [0, 0.1) is 0 Å². The van der Waals surface area contributed by atoms with Crippen molar-refractivity contribution in [2.24, 2.45) is 0 Å². The Morgan fingerprint density at radius 3 is 2.24 bits per heavy atom. The predicted octanol–water partition coefficient (Wildman–Crippen LogP) is 3.79. The van der Waals surface area contributed by atoms with Gasteiger partial charge in [-0.3, -0.25) is 14.4 Å². The molecule has 0 unspecified atom stereocenters. The van der Waals surface area contributed by atoms with E-state index in [4.69, 9.17) is 15.2 Å². The second kappa shape index (κ2) is 7.12. The zero-order chi connectivity index (χ0) is 20.5. The van der Waals surface area contributed by atoms with Crippen LogP contribution < -0.4 is 20.1 Å². The van der Waals surface area contributed by atoms with Crippen molar-refractivity contribution in [2.45, 2.75) is 6.92 Å².